The molecule has 0 aliphatic rings. The number of aromatic nitrogens is 2. The molecule has 0 bridgehead atoms. The van der Waals surface area contributed by atoms with Crippen LogP contribution in [0, 0.1) is 11.3 Å². The first-order chi connectivity index (χ1) is 15.1. The molecule has 2 amide bonds. The number of alkyl halides is 1. The highest BCUT2D eigenvalue weighted by Crippen LogP contribution is 2.43. The molecule has 0 radical (unpaired) electrons. The monoisotopic (exact) mass is 431 g/mol. The summed E-state index contributed by atoms with van der Waals surface area (Å²) >= 11 is 1.42. The average Bonchev–Trinajstić information content (AvgIpc) is 3.27. The van der Waals surface area contributed by atoms with Gasteiger partial charge in [-0.3, -0.25) is 5.32 Å². The number of fused-ring (bicyclic) bond motifs is 1. The molecule has 2 heterocycles. The van der Waals surface area contributed by atoms with Gasteiger partial charge < -0.3 is 5.32 Å². The minimum absolute atomic E-state index is 0.229. The van der Waals surface area contributed by atoms with Crippen LogP contribution in [0.1, 0.15) is 29.2 Å². The van der Waals surface area contributed by atoms with Gasteiger partial charge in [-0.15, -0.1) is 11.3 Å². The van der Waals surface area contributed by atoms with E-state index in [2.05, 4.69) is 26.7 Å². The summed E-state index contributed by atoms with van der Waals surface area (Å²) in [4.78, 5) is 20.2. The Balaban J connectivity index is 1.85. The number of hydrogen-bond acceptors (Lipinski definition) is 5. The zero-order valence-corrected chi connectivity index (χ0v) is 17.4. The molecule has 1 unspecified atom stereocenters. The van der Waals surface area contributed by atoms with E-state index in [1.54, 1.807) is 67.0 Å². The van der Waals surface area contributed by atoms with Gasteiger partial charge in [-0.1, -0.05) is 24.3 Å². The molecule has 31 heavy (non-hydrogen) atoms. The normalized spacial score (nSPS) is 12.7. The van der Waals surface area contributed by atoms with E-state index in [1.165, 1.54) is 17.5 Å². The number of thiazole rings is 1. The Hall–Kier alpha value is -3.83. The third-order valence-electron chi connectivity index (χ3n) is 4.89. The van der Waals surface area contributed by atoms with E-state index in [0.717, 1.165) is 10.2 Å². The lowest BCUT2D eigenvalue weighted by Crippen LogP contribution is -2.29. The summed E-state index contributed by atoms with van der Waals surface area (Å²) in [6, 6.07) is 16.6. The van der Waals surface area contributed by atoms with Gasteiger partial charge in [0.25, 0.3) is 0 Å². The second-order valence-electron chi connectivity index (χ2n) is 6.77. The van der Waals surface area contributed by atoms with Crippen LogP contribution in [0.4, 0.5) is 15.0 Å². The maximum Gasteiger partial charge on any atom is 0.320 e. The van der Waals surface area contributed by atoms with Crippen molar-refractivity contribution in [2.45, 2.75) is 12.6 Å². The van der Waals surface area contributed by atoms with Crippen LogP contribution in [-0.2, 0) is 5.67 Å². The number of halogens is 1. The molecule has 0 aliphatic carbocycles. The smallest absolute Gasteiger partial charge is 0.320 e. The van der Waals surface area contributed by atoms with Crippen LogP contribution in [0.15, 0.2) is 66.3 Å². The molecule has 0 saturated heterocycles. The lowest BCUT2D eigenvalue weighted by molar-refractivity contribution is 0.252. The number of urea groups is 1. The second kappa shape index (κ2) is 8.50. The van der Waals surface area contributed by atoms with E-state index in [1.807, 2.05) is 0 Å². The summed E-state index contributed by atoms with van der Waals surface area (Å²) in [5.41, 5.74) is 1.46. The number of amides is 2. The van der Waals surface area contributed by atoms with E-state index in [9.17, 15) is 10.1 Å². The molecule has 2 aromatic heterocycles. The molecule has 0 aliphatic heterocycles. The molecule has 0 fully saturated rings. The van der Waals surface area contributed by atoms with Crippen molar-refractivity contribution in [3.8, 4) is 6.07 Å². The Bertz CT molecular complexity index is 1280. The van der Waals surface area contributed by atoms with Gasteiger partial charge in [-0.05, 0) is 42.8 Å². The zero-order chi connectivity index (χ0) is 21.8. The SMILES string of the molecule is CCNC(=O)Nc1ccc(C(F)(c2ccc3ncsc3c2)c2ccccc2C#N)cn1. The number of nitriles is 1. The van der Waals surface area contributed by atoms with Crippen LogP contribution in [-0.4, -0.2) is 22.5 Å². The number of carbonyl (C=O) groups is 1. The quantitative estimate of drug-likeness (QED) is 0.467. The number of rotatable bonds is 5. The summed E-state index contributed by atoms with van der Waals surface area (Å²) in [5.74, 6) is 0.295. The number of benzene rings is 2. The molecule has 2 N–H and O–H groups in total. The fraction of sp³-hybridized carbons (Fsp3) is 0.130. The first-order valence-electron chi connectivity index (χ1n) is 9.60. The molecule has 1 atom stereocenters. The highest BCUT2D eigenvalue weighted by molar-refractivity contribution is 7.16. The molecule has 154 valence electrons. The topological polar surface area (TPSA) is 90.7 Å². The van der Waals surface area contributed by atoms with Crippen LogP contribution >= 0.6 is 11.3 Å². The second-order valence-corrected chi connectivity index (χ2v) is 7.65. The van der Waals surface area contributed by atoms with Gasteiger partial charge in [0.2, 0.25) is 0 Å². The number of pyridine rings is 1. The van der Waals surface area contributed by atoms with Crippen molar-refractivity contribution in [2.24, 2.45) is 0 Å². The lowest BCUT2D eigenvalue weighted by atomic mass is 9.80. The Morgan fingerprint density at radius 1 is 1.16 bits per heavy atom. The van der Waals surface area contributed by atoms with Crippen molar-refractivity contribution in [3.05, 3.63) is 88.6 Å². The Morgan fingerprint density at radius 2 is 1.97 bits per heavy atom. The molecule has 6 nitrogen and oxygen atoms in total. The van der Waals surface area contributed by atoms with Gasteiger partial charge >= 0.3 is 6.03 Å². The molecular formula is C23H18FN5OS. The predicted octanol–water partition coefficient (Wildman–Crippen LogP) is 4.97. The predicted molar refractivity (Wildman–Crippen MR) is 119 cm³/mol. The fourth-order valence-electron chi connectivity index (χ4n) is 3.42. The number of carbonyl (C=O) groups excluding carboxylic acids is 1. The molecule has 0 saturated carbocycles. The molecule has 4 aromatic rings. The van der Waals surface area contributed by atoms with E-state index >= 15 is 4.39 Å². The molecule has 8 heteroatoms. The zero-order valence-electron chi connectivity index (χ0n) is 16.6. The standard InChI is InChI=1S/C23H18FN5OS/c1-2-26-22(30)29-21-10-8-17(13-27-21)23(24,18-6-4-3-5-15(18)12-25)16-7-9-19-20(11-16)31-14-28-19/h3-11,13-14H,2H2,1H3,(H2,26,27,29,30). The van der Waals surface area contributed by atoms with E-state index in [4.69, 9.17) is 0 Å². The van der Waals surface area contributed by atoms with Crippen molar-refractivity contribution in [1.82, 2.24) is 15.3 Å². The average molecular weight is 431 g/mol. The van der Waals surface area contributed by atoms with Crippen molar-refractivity contribution in [2.75, 3.05) is 11.9 Å². The van der Waals surface area contributed by atoms with Gasteiger partial charge in [-0.25, -0.2) is 19.2 Å². The van der Waals surface area contributed by atoms with Gasteiger partial charge in [0, 0.05) is 23.9 Å². The van der Waals surface area contributed by atoms with Gasteiger partial charge in [0.15, 0.2) is 5.67 Å². The highest BCUT2D eigenvalue weighted by atomic mass is 32.1. The van der Waals surface area contributed by atoms with Crippen LogP contribution in [0.2, 0.25) is 0 Å². The molecule has 2 aromatic carbocycles. The third-order valence-corrected chi connectivity index (χ3v) is 5.68. The van der Waals surface area contributed by atoms with Crippen LogP contribution in [0.5, 0.6) is 0 Å². The number of hydrogen-bond donors (Lipinski definition) is 2. The van der Waals surface area contributed by atoms with E-state index in [-0.39, 0.29) is 22.7 Å². The fourth-order valence-corrected chi connectivity index (χ4v) is 4.14. The van der Waals surface area contributed by atoms with E-state index < -0.39 is 5.67 Å². The first-order valence-corrected chi connectivity index (χ1v) is 10.5. The van der Waals surface area contributed by atoms with Crippen molar-refractivity contribution >= 4 is 33.4 Å². The maximum absolute atomic E-state index is 17.1. The minimum atomic E-state index is -2.12. The number of nitrogens with zero attached hydrogens (tertiary/aromatic N) is 3. The summed E-state index contributed by atoms with van der Waals surface area (Å²) in [5, 5.41) is 14.8. The Morgan fingerprint density at radius 3 is 2.71 bits per heavy atom. The van der Waals surface area contributed by atoms with Gasteiger partial charge in [0.05, 0.1) is 27.4 Å². The Labute approximate surface area is 182 Å². The maximum atomic E-state index is 17.1. The van der Waals surface area contributed by atoms with Crippen LogP contribution in [0.3, 0.4) is 0 Å². The summed E-state index contributed by atoms with van der Waals surface area (Å²) in [6.07, 6.45) is 1.38. The van der Waals surface area contributed by atoms with Crippen molar-refractivity contribution < 1.29 is 9.18 Å². The largest absolute Gasteiger partial charge is 0.338 e. The third kappa shape index (κ3) is 3.83. The molecule has 0 spiro atoms. The van der Waals surface area contributed by atoms with Gasteiger partial charge in [0.1, 0.15) is 5.82 Å². The highest BCUT2D eigenvalue weighted by Gasteiger charge is 2.39. The first kappa shape index (κ1) is 20.4. The number of nitrogens with one attached hydrogen (secondary N) is 2. The minimum Gasteiger partial charge on any atom is -0.338 e. The molecular weight excluding hydrogens is 413 g/mol. The number of anilines is 1. The van der Waals surface area contributed by atoms with Crippen molar-refractivity contribution in [1.29, 1.82) is 5.26 Å². The summed E-state index contributed by atoms with van der Waals surface area (Å²) < 4.78 is 17.9. The van der Waals surface area contributed by atoms with E-state index in [0.29, 0.717) is 17.9 Å². The summed E-state index contributed by atoms with van der Waals surface area (Å²) in [6.45, 7) is 2.28. The summed E-state index contributed by atoms with van der Waals surface area (Å²) in [7, 11) is 0. The van der Waals surface area contributed by atoms with Crippen molar-refractivity contribution in [3.63, 3.8) is 0 Å². The van der Waals surface area contributed by atoms with Gasteiger partial charge in [-0.2, -0.15) is 5.26 Å². The Kier molecular flexibility index (Phi) is 5.60. The van der Waals surface area contributed by atoms with Crippen LogP contribution < -0.4 is 10.6 Å². The lowest BCUT2D eigenvalue weighted by Gasteiger charge is -2.28. The van der Waals surface area contributed by atoms with Crippen LogP contribution in [0.25, 0.3) is 10.2 Å². The molecule has 4 rings (SSSR count).